The first-order valence-electron chi connectivity index (χ1n) is 5.99. The molecule has 0 radical (unpaired) electrons. The largest absolute Gasteiger partial charge is 0.384 e. The Balaban J connectivity index is 2.16. The molecule has 0 unspecified atom stereocenters. The highest BCUT2D eigenvalue weighted by Gasteiger charge is 2.05. The van der Waals surface area contributed by atoms with E-state index in [4.69, 9.17) is 5.11 Å². The summed E-state index contributed by atoms with van der Waals surface area (Å²) in [6.07, 6.45) is 1.71. The van der Waals surface area contributed by atoms with Gasteiger partial charge in [-0.25, -0.2) is 14.4 Å². The minimum Gasteiger partial charge on any atom is -0.384 e. The van der Waals surface area contributed by atoms with Crippen molar-refractivity contribution in [1.82, 2.24) is 9.97 Å². The van der Waals surface area contributed by atoms with Crippen molar-refractivity contribution in [2.75, 3.05) is 6.61 Å². The van der Waals surface area contributed by atoms with E-state index in [9.17, 15) is 4.39 Å². The number of thioether (sulfide) groups is 1. The van der Waals surface area contributed by atoms with E-state index in [0.717, 1.165) is 11.3 Å². The van der Waals surface area contributed by atoms with Crippen molar-refractivity contribution in [3.05, 3.63) is 53.1 Å². The predicted octanol–water partition coefficient (Wildman–Crippen LogP) is 2.56. The second-order valence-electron chi connectivity index (χ2n) is 4.03. The van der Waals surface area contributed by atoms with E-state index >= 15 is 0 Å². The lowest BCUT2D eigenvalue weighted by Crippen LogP contribution is -1.93. The number of hydrogen-bond acceptors (Lipinski definition) is 4. The quantitative estimate of drug-likeness (QED) is 0.535. The summed E-state index contributed by atoms with van der Waals surface area (Å²) in [5.74, 6) is 5.55. The van der Waals surface area contributed by atoms with Crippen LogP contribution < -0.4 is 0 Å². The number of rotatable bonds is 3. The van der Waals surface area contributed by atoms with Gasteiger partial charge in [0.05, 0.1) is 0 Å². The van der Waals surface area contributed by atoms with Crippen LogP contribution in [-0.2, 0) is 5.75 Å². The standard InChI is InChI=1S/C15H13FN2OS/c1-11-6-7-17-15(18-11)20-10-13-4-5-14(16)9-12(13)3-2-8-19/h4-7,9,19H,8,10H2,1H3. The van der Waals surface area contributed by atoms with Gasteiger partial charge >= 0.3 is 0 Å². The third kappa shape index (κ3) is 4.05. The number of aromatic nitrogens is 2. The summed E-state index contributed by atoms with van der Waals surface area (Å²) in [5, 5.41) is 9.41. The zero-order chi connectivity index (χ0) is 14.4. The normalized spacial score (nSPS) is 9.95. The van der Waals surface area contributed by atoms with Crippen LogP contribution in [0.2, 0.25) is 0 Å². The van der Waals surface area contributed by atoms with Crippen molar-refractivity contribution >= 4 is 11.8 Å². The maximum absolute atomic E-state index is 13.2. The summed E-state index contributed by atoms with van der Waals surface area (Å²) in [7, 11) is 0. The molecule has 102 valence electrons. The first-order valence-corrected chi connectivity index (χ1v) is 6.98. The van der Waals surface area contributed by atoms with Crippen LogP contribution in [-0.4, -0.2) is 21.7 Å². The molecule has 0 saturated carbocycles. The fourth-order valence-corrected chi connectivity index (χ4v) is 2.44. The highest BCUT2D eigenvalue weighted by Crippen LogP contribution is 2.22. The molecule has 1 aromatic carbocycles. The lowest BCUT2D eigenvalue weighted by Gasteiger charge is -2.04. The van der Waals surface area contributed by atoms with E-state index in [1.54, 1.807) is 12.3 Å². The van der Waals surface area contributed by atoms with Crippen molar-refractivity contribution in [1.29, 1.82) is 0 Å². The molecule has 2 aromatic rings. The van der Waals surface area contributed by atoms with Crippen molar-refractivity contribution in [3.8, 4) is 11.8 Å². The number of aliphatic hydroxyl groups is 1. The molecule has 0 saturated heterocycles. The molecule has 0 atom stereocenters. The molecule has 0 aliphatic heterocycles. The second kappa shape index (κ2) is 7.04. The molecule has 0 bridgehead atoms. The topological polar surface area (TPSA) is 46.0 Å². The van der Waals surface area contributed by atoms with E-state index in [2.05, 4.69) is 21.8 Å². The average Bonchev–Trinajstić information content (AvgIpc) is 2.44. The minimum absolute atomic E-state index is 0.246. The van der Waals surface area contributed by atoms with E-state index in [1.165, 1.54) is 23.9 Å². The number of hydrogen-bond donors (Lipinski definition) is 1. The first kappa shape index (κ1) is 14.5. The van der Waals surface area contributed by atoms with Crippen molar-refractivity contribution in [2.45, 2.75) is 17.8 Å². The maximum atomic E-state index is 13.2. The van der Waals surface area contributed by atoms with E-state index in [-0.39, 0.29) is 12.4 Å². The van der Waals surface area contributed by atoms with Gasteiger partial charge in [0.1, 0.15) is 12.4 Å². The highest BCUT2D eigenvalue weighted by atomic mass is 32.2. The Morgan fingerprint density at radius 2 is 2.20 bits per heavy atom. The van der Waals surface area contributed by atoms with Crippen LogP contribution in [0.15, 0.2) is 35.6 Å². The van der Waals surface area contributed by atoms with E-state index in [1.807, 2.05) is 13.0 Å². The lowest BCUT2D eigenvalue weighted by atomic mass is 10.1. The Morgan fingerprint density at radius 1 is 1.35 bits per heavy atom. The monoisotopic (exact) mass is 288 g/mol. The van der Waals surface area contributed by atoms with Gasteiger partial charge in [-0.2, -0.15) is 0 Å². The van der Waals surface area contributed by atoms with Crippen LogP contribution in [0.5, 0.6) is 0 Å². The predicted molar refractivity (Wildman–Crippen MR) is 76.7 cm³/mol. The number of aryl methyl sites for hydroxylation is 1. The van der Waals surface area contributed by atoms with E-state index in [0.29, 0.717) is 16.5 Å². The molecule has 5 heteroatoms. The van der Waals surface area contributed by atoms with Crippen LogP contribution in [0.1, 0.15) is 16.8 Å². The average molecular weight is 288 g/mol. The first-order chi connectivity index (χ1) is 9.69. The van der Waals surface area contributed by atoms with Gasteiger partial charge in [0.2, 0.25) is 0 Å². The summed E-state index contributed by atoms with van der Waals surface area (Å²) in [6.45, 7) is 1.66. The van der Waals surface area contributed by atoms with Crippen LogP contribution >= 0.6 is 11.8 Å². The Labute approximate surface area is 121 Å². The molecule has 0 amide bonds. The Morgan fingerprint density at radius 3 is 2.95 bits per heavy atom. The summed E-state index contributed by atoms with van der Waals surface area (Å²) >= 11 is 1.47. The third-order valence-corrected chi connectivity index (χ3v) is 3.41. The highest BCUT2D eigenvalue weighted by molar-refractivity contribution is 7.98. The molecule has 0 aliphatic carbocycles. The molecule has 2 rings (SSSR count). The van der Waals surface area contributed by atoms with Crippen LogP contribution in [0.25, 0.3) is 0 Å². The molecule has 1 heterocycles. The molecule has 20 heavy (non-hydrogen) atoms. The fraction of sp³-hybridized carbons (Fsp3) is 0.200. The molecule has 0 aliphatic rings. The van der Waals surface area contributed by atoms with Gasteiger partial charge in [-0.15, -0.1) is 0 Å². The Hall–Kier alpha value is -1.90. The van der Waals surface area contributed by atoms with Crippen molar-refractivity contribution in [3.63, 3.8) is 0 Å². The van der Waals surface area contributed by atoms with Crippen molar-refractivity contribution in [2.24, 2.45) is 0 Å². The number of halogens is 1. The zero-order valence-corrected chi connectivity index (χ0v) is 11.7. The van der Waals surface area contributed by atoms with Crippen molar-refractivity contribution < 1.29 is 9.50 Å². The zero-order valence-electron chi connectivity index (χ0n) is 10.9. The molecular weight excluding hydrogens is 275 g/mol. The van der Waals surface area contributed by atoms with Gasteiger partial charge in [-0.3, -0.25) is 0 Å². The fourth-order valence-electron chi connectivity index (χ4n) is 1.56. The summed E-state index contributed by atoms with van der Waals surface area (Å²) in [4.78, 5) is 8.47. The van der Waals surface area contributed by atoms with Crippen LogP contribution in [0.3, 0.4) is 0 Å². The molecule has 1 aromatic heterocycles. The van der Waals surface area contributed by atoms with Crippen LogP contribution in [0, 0.1) is 24.6 Å². The second-order valence-corrected chi connectivity index (χ2v) is 4.97. The number of benzene rings is 1. The maximum Gasteiger partial charge on any atom is 0.188 e. The lowest BCUT2D eigenvalue weighted by molar-refractivity contribution is 0.350. The number of nitrogens with zero attached hydrogens (tertiary/aromatic N) is 2. The summed E-state index contributed by atoms with van der Waals surface area (Å²) in [5.41, 5.74) is 2.38. The summed E-state index contributed by atoms with van der Waals surface area (Å²) in [6, 6.07) is 6.30. The minimum atomic E-state index is -0.340. The van der Waals surface area contributed by atoms with Gasteiger partial charge in [0, 0.05) is 23.2 Å². The van der Waals surface area contributed by atoms with Gasteiger partial charge in [0.25, 0.3) is 0 Å². The molecular formula is C15H13FN2OS. The molecule has 1 N–H and O–H groups in total. The molecule has 3 nitrogen and oxygen atoms in total. The van der Waals surface area contributed by atoms with Gasteiger partial charge in [-0.05, 0) is 30.7 Å². The SMILES string of the molecule is Cc1ccnc(SCc2ccc(F)cc2C#CCO)n1. The smallest absolute Gasteiger partial charge is 0.188 e. The number of aliphatic hydroxyl groups excluding tert-OH is 1. The van der Waals surface area contributed by atoms with Gasteiger partial charge < -0.3 is 5.11 Å². The van der Waals surface area contributed by atoms with Gasteiger partial charge in [0.15, 0.2) is 5.16 Å². The Kier molecular flexibility index (Phi) is 5.10. The van der Waals surface area contributed by atoms with Gasteiger partial charge in [-0.1, -0.05) is 29.7 Å². The molecule has 0 spiro atoms. The summed E-state index contributed by atoms with van der Waals surface area (Å²) < 4.78 is 13.2. The molecule has 0 fully saturated rings. The Bertz CT molecular complexity index is 664. The third-order valence-electron chi connectivity index (χ3n) is 2.50. The van der Waals surface area contributed by atoms with Crippen LogP contribution in [0.4, 0.5) is 4.39 Å². The van der Waals surface area contributed by atoms with E-state index < -0.39 is 0 Å².